The van der Waals surface area contributed by atoms with E-state index in [-0.39, 0.29) is 18.2 Å². The number of nitrogens with zero attached hydrogens (tertiary/aromatic N) is 5. The van der Waals surface area contributed by atoms with Gasteiger partial charge in [0.15, 0.2) is 0 Å². The number of amides is 1. The van der Waals surface area contributed by atoms with Crippen LogP contribution in [0.4, 0.5) is 11.5 Å². The summed E-state index contributed by atoms with van der Waals surface area (Å²) in [6, 6.07) is 12.7. The van der Waals surface area contributed by atoms with Crippen LogP contribution < -0.4 is 16.4 Å². The zero-order valence-electron chi connectivity index (χ0n) is 24.0. The van der Waals surface area contributed by atoms with Crippen molar-refractivity contribution < 1.29 is 4.79 Å². The van der Waals surface area contributed by atoms with Crippen molar-refractivity contribution >= 4 is 39.3 Å². The lowest BCUT2D eigenvalue weighted by atomic mass is 9.93. The Hall–Kier alpha value is -4.50. The molecule has 41 heavy (non-hydrogen) atoms. The first-order valence-electron chi connectivity index (χ1n) is 14.2. The summed E-state index contributed by atoms with van der Waals surface area (Å²) >= 11 is 0. The Balaban J connectivity index is 1.46. The molecule has 6 rings (SSSR count). The number of anilines is 2. The summed E-state index contributed by atoms with van der Waals surface area (Å²) in [4.78, 5) is 22.8. The lowest BCUT2D eigenvalue weighted by Crippen LogP contribution is -2.26. The van der Waals surface area contributed by atoms with Gasteiger partial charge in [-0.15, -0.1) is 0 Å². The first kappa shape index (κ1) is 26.7. The van der Waals surface area contributed by atoms with Gasteiger partial charge in [0.25, 0.3) is 0 Å². The van der Waals surface area contributed by atoms with Crippen LogP contribution in [0.25, 0.3) is 33.1 Å². The van der Waals surface area contributed by atoms with Crippen molar-refractivity contribution in [1.82, 2.24) is 29.5 Å². The fourth-order valence-corrected chi connectivity index (χ4v) is 5.88. The third-order valence-corrected chi connectivity index (χ3v) is 7.99. The van der Waals surface area contributed by atoms with Crippen molar-refractivity contribution in [3.05, 3.63) is 78.1 Å². The van der Waals surface area contributed by atoms with Crippen molar-refractivity contribution in [3.8, 4) is 11.3 Å². The quantitative estimate of drug-likeness (QED) is 0.253. The largest absolute Gasteiger partial charge is 0.382 e. The van der Waals surface area contributed by atoms with Crippen LogP contribution in [-0.4, -0.2) is 43.1 Å². The number of allylic oxidation sites excluding steroid dienone is 1. The standard InChI is InChI=1S/C32H36N8O/c1-19(2)32-38-29(30-31(33)35-17-27(40(30)32)20-9-12-22(34-3)13-10-20)26-14-11-21(24-7-5-6-8-25(24)26)15-28(41)37-23-16-36-39(4)18-23/h5-9,11,14,16-19,22,34H,10,12-13,15H2,1-4H3,(H2,33,35)(H,37,41). The molecule has 1 unspecified atom stereocenters. The molecule has 0 saturated heterocycles. The molecule has 3 aromatic heterocycles. The minimum atomic E-state index is -0.0928. The van der Waals surface area contributed by atoms with Gasteiger partial charge in [-0.1, -0.05) is 56.3 Å². The van der Waals surface area contributed by atoms with Gasteiger partial charge >= 0.3 is 0 Å². The van der Waals surface area contributed by atoms with E-state index in [1.54, 1.807) is 17.1 Å². The third-order valence-electron chi connectivity index (χ3n) is 7.99. The van der Waals surface area contributed by atoms with E-state index >= 15 is 0 Å². The Morgan fingerprint density at radius 2 is 1.95 bits per heavy atom. The molecular weight excluding hydrogens is 512 g/mol. The van der Waals surface area contributed by atoms with E-state index < -0.39 is 0 Å². The SMILES string of the molecule is CNC1CC=C(c2cnc(N)c3c(-c4ccc(CC(=O)Nc5cnn(C)c5)c5ccccc45)nc(C(C)C)n23)CC1. The summed E-state index contributed by atoms with van der Waals surface area (Å²) in [5.41, 5.74) is 13.2. The summed E-state index contributed by atoms with van der Waals surface area (Å²) in [5, 5.41) is 12.5. The maximum absolute atomic E-state index is 12.9. The second kappa shape index (κ2) is 10.8. The molecule has 4 N–H and O–H groups in total. The number of nitrogens with one attached hydrogen (secondary N) is 2. The van der Waals surface area contributed by atoms with Crippen molar-refractivity contribution in [1.29, 1.82) is 0 Å². The second-order valence-electron chi connectivity index (χ2n) is 11.1. The average Bonchev–Trinajstić information content (AvgIpc) is 3.58. The van der Waals surface area contributed by atoms with Crippen molar-refractivity contribution in [2.75, 3.05) is 18.1 Å². The number of nitrogens with two attached hydrogens (primary N) is 1. The highest BCUT2D eigenvalue weighted by Gasteiger charge is 2.25. The molecule has 0 spiro atoms. The maximum atomic E-state index is 12.9. The first-order valence-corrected chi connectivity index (χ1v) is 14.2. The number of benzene rings is 2. The van der Waals surface area contributed by atoms with Crippen molar-refractivity contribution in [2.45, 2.75) is 51.5 Å². The minimum absolute atomic E-state index is 0.0928. The molecule has 0 saturated carbocycles. The highest BCUT2D eigenvalue weighted by Crippen LogP contribution is 2.38. The molecule has 1 atom stereocenters. The van der Waals surface area contributed by atoms with E-state index in [9.17, 15) is 4.79 Å². The minimum Gasteiger partial charge on any atom is -0.382 e. The van der Waals surface area contributed by atoms with Gasteiger partial charge in [0, 0.05) is 30.8 Å². The molecule has 1 aliphatic carbocycles. The van der Waals surface area contributed by atoms with Crippen LogP contribution in [0.15, 0.2) is 61.1 Å². The van der Waals surface area contributed by atoms with Gasteiger partial charge in [0.05, 0.1) is 30.2 Å². The number of imidazole rings is 1. The number of rotatable bonds is 7. The number of hydrogen-bond donors (Lipinski definition) is 3. The van der Waals surface area contributed by atoms with Gasteiger partial charge in [-0.2, -0.15) is 5.10 Å². The van der Waals surface area contributed by atoms with Gasteiger partial charge in [0.2, 0.25) is 5.91 Å². The zero-order chi connectivity index (χ0) is 28.7. The number of fused-ring (bicyclic) bond motifs is 2. The Kier molecular flexibility index (Phi) is 7.05. The third kappa shape index (κ3) is 4.97. The molecular formula is C32H36N8O. The fourth-order valence-electron chi connectivity index (χ4n) is 5.88. The molecule has 210 valence electrons. The van der Waals surface area contributed by atoms with E-state index in [2.05, 4.69) is 63.2 Å². The van der Waals surface area contributed by atoms with Gasteiger partial charge in [-0.3, -0.25) is 13.9 Å². The number of carbonyl (C=O) groups excluding carboxylic acids is 1. The molecule has 0 bridgehead atoms. The molecule has 0 aliphatic heterocycles. The number of hydrogen-bond acceptors (Lipinski definition) is 6. The molecule has 3 heterocycles. The maximum Gasteiger partial charge on any atom is 0.228 e. The zero-order valence-corrected chi connectivity index (χ0v) is 24.0. The number of carbonyl (C=O) groups is 1. The molecule has 0 radical (unpaired) electrons. The summed E-state index contributed by atoms with van der Waals surface area (Å²) in [5.74, 6) is 1.49. The fraction of sp³-hybridized carbons (Fsp3) is 0.312. The van der Waals surface area contributed by atoms with E-state index in [1.807, 2.05) is 38.5 Å². The normalized spacial score (nSPS) is 15.5. The van der Waals surface area contributed by atoms with Crippen molar-refractivity contribution in [2.24, 2.45) is 7.05 Å². The lowest BCUT2D eigenvalue weighted by Gasteiger charge is -2.22. The van der Waals surface area contributed by atoms with Crippen LogP contribution in [0.3, 0.4) is 0 Å². The highest BCUT2D eigenvalue weighted by molar-refractivity contribution is 6.04. The predicted molar refractivity (Wildman–Crippen MR) is 165 cm³/mol. The van der Waals surface area contributed by atoms with Gasteiger partial charge < -0.3 is 16.4 Å². The van der Waals surface area contributed by atoms with Gasteiger partial charge in [-0.05, 0) is 48.2 Å². The van der Waals surface area contributed by atoms with E-state index in [0.29, 0.717) is 17.5 Å². The molecule has 1 amide bonds. The summed E-state index contributed by atoms with van der Waals surface area (Å²) in [6.07, 6.45) is 10.9. The lowest BCUT2D eigenvalue weighted by molar-refractivity contribution is -0.115. The number of nitrogen functional groups attached to an aromatic ring is 1. The number of aromatic nitrogens is 5. The molecule has 0 fully saturated rings. The van der Waals surface area contributed by atoms with E-state index in [1.165, 1.54) is 5.57 Å². The highest BCUT2D eigenvalue weighted by atomic mass is 16.1. The van der Waals surface area contributed by atoms with Crippen LogP contribution in [0.2, 0.25) is 0 Å². The summed E-state index contributed by atoms with van der Waals surface area (Å²) in [6.45, 7) is 4.32. The van der Waals surface area contributed by atoms with E-state index in [4.69, 9.17) is 10.7 Å². The van der Waals surface area contributed by atoms with Gasteiger partial charge in [0.1, 0.15) is 22.9 Å². The number of aryl methyl sites for hydroxylation is 1. The smallest absolute Gasteiger partial charge is 0.228 e. The Bertz CT molecular complexity index is 1790. The molecule has 5 aromatic rings. The van der Waals surface area contributed by atoms with Crippen molar-refractivity contribution in [3.63, 3.8) is 0 Å². The van der Waals surface area contributed by atoms with Crippen LogP contribution in [0, 0.1) is 0 Å². The molecule has 2 aromatic carbocycles. The van der Waals surface area contributed by atoms with Crippen LogP contribution in [-0.2, 0) is 18.3 Å². The van der Waals surface area contributed by atoms with Gasteiger partial charge in [-0.25, -0.2) is 9.97 Å². The first-order chi connectivity index (χ1) is 19.8. The second-order valence-corrected chi connectivity index (χ2v) is 11.1. The van der Waals surface area contributed by atoms with E-state index in [0.717, 1.165) is 63.9 Å². The van der Waals surface area contributed by atoms with Crippen LogP contribution in [0.5, 0.6) is 0 Å². The Labute approximate surface area is 239 Å². The van der Waals surface area contributed by atoms with Crippen LogP contribution >= 0.6 is 0 Å². The molecule has 9 nitrogen and oxygen atoms in total. The Morgan fingerprint density at radius 3 is 2.63 bits per heavy atom. The molecule has 9 heteroatoms. The topological polar surface area (TPSA) is 115 Å². The summed E-state index contributed by atoms with van der Waals surface area (Å²) < 4.78 is 3.88. The predicted octanol–water partition coefficient (Wildman–Crippen LogP) is 5.33. The monoisotopic (exact) mass is 548 g/mol. The van der Waals surface area contributed by atoms with Crippen LogP contribution in [0.1, 0.15) is 56.1 Å². The Morgan fingerprint density at radius 1 is 1.15 bits per heavy atom. The summed E-state index contributed by atoms with van der Waals surface area (Å²) in [7, 11) is 3.84. The molecule has 1 aliphatic rings. The average molecular weight is 549 g/mol.